The minimum Gasteiger partial charge on any atom is -0.415 e. The van der Waals surface area contributed by atoms with Crippen molar-refractivity contribution in [3.8, 4) is 22.7 Å². The van der Waals surface area contributed by atoms with Crippen molar-refractivity contribution in [3.63, 3.8) is 0 Å². The Hall–Kier alpha value is -3.73. The summed E-state index contributed by atoms with van der Waals surface area (Å²) < 4.78 is 47.6. The lowest BCUT2D eigenvalue weighted by Gasteiger charge is -2.43. The lowest BCUT2D eigenvalue weighted by Crippen LogP contribution is -2.52. The molecule has 3 heterocycles. The first-order valence-electron chi connectivity index (χ1n) is 12.4. The van der Waals surface area contributed by atoms with E-state index >= 15 is 4.39 Å². The Balaban J connectivity index is 1.13. The highest BCUT2D eigenvalue weighted by Crippen LogP contribution is 2.31. The molecule has 192 valence electrons. The molecule has 4 aromatic rings. The average Bonchev–Trinajstić information content (AvgIpc) is 3.55. The summed E-state index contributed by atoms with van der Waals surface area (Å²) in [5.74, 6) is -0.954. The van der Waals surface area contributed by atoms with E-state index in [0.29, 0.717) is 35.1 Å². The molecule has 0 amide bonds. The SMILES string of the molecule is Fc1c(-c2cn(Cc3ccc(-c4nnc(C(F)F)o4)cc3)nn2)cccc1N1CCN(C2CCC2)CC1. The monoisotopic (exact) mass is 509 g/mol. The maximum Gasteiger partial charge on any atom is 0.314 e. The zero-order valence-electron chi connectivity index (χ0n) is 20.1. The number of hydrogen-bond acceptors (Lipinski definition) is 7. The molecule has 11 heteroatoms. The fourth-order valence-corrected chi connectivity index (χ4v) is 4.92. The zero-order valence-corrected chi connectivity index (χ0v) is 20.1. The van der Waals surface area contributed by atoms with Crippen LogP contribution in [0.15, 0.2) is 53.1 Å². The first kappa shape index (κ1) is 23.7. The number of nitrogens with zero attached hydrogens (tertiary/aromatic N) is 7. The topological polar surface area (TPSA) is 76.1 Å². The molecule has 2 aromatic carbocycles. The van der Waals surface area contributed by atoms with Crippen LogP contribution in [0.2, 0.25) is 0 Å². The Labute approximate surface area is 211 Å². The third-order valence-electron chi connectivity index (χ3n) is 7.21. The molecule has 6 rings (SSSR count). The summed E-state index contributed by atoms with van der Waals surface area (Å²) in [6, 6.07) is 13.2. The molecule has 1 saturated heterocycles. The summed E-state index contributed by atoms with van der Waals surface area (Å²) >= 11 is 0. The second-order valence-electron chi connectivity index (χ2n) is 9.49. The number of alkyl halides is 2. The van der Waals surface area contributed by atoms with Gasteiger partial charge in [-0.15, -0.1) is 15.3 Å². The first-order chi connectivity index (χ1) is 18.0. The van der Waals surface area contributed by atoms with Crippen LogP contribution in [0.5, 0.6) is 0 Å². The largest absolute Gasteiger partial charge is 0.415 e. The van der Waals surface area contributed by atoms with Gasteiger partial charge in [-0.05, 0) is 42.7 Å². The van der Waals surface area contributed by atoms with Gasteiger partial charge >= 0.3 is 6.43 Å². The number of rotatable bonds is 7. The predicted molar refractivity (Wildman–Crippen MR) is 131 cm³/mol. The van der Waals surface area contributed by atoms with E-state index in [0.717, 1.165) is 31.7 Å². The van der Waals surface area contributed by atoms with Gasteiger partial charge in [0, 0.05) is 43.3 Å². The van der Waals surface area contributed by atoms with Crippen LogP contribution in [-0.4, -0.2) is 62.3 Å². The van der Waals surface area contributed by atoms with Crippen LogP contribution in [0.3, 0.4) is 0 Å². The number of hydrogen-bond donors (Lipinski definition) is 0. The van der Waals surface area contributed by atoms with Crippen molar-refractivity contribution in [2.24, 2.45) is 0 Å². The molecule has 0 bridgehead atoms. The van der Waals surface area contributed by atoms with Crippen molar-refractivity contribution in [2.45, 2.75) is 38.3 Å². The maximum absolute atomic E-state index is 15.6. The van der Waals surface area contributed by atoms with Crippen LogP contribution in [0, 0.1) is 5.82 Å². The third kappa shape index (κ3) is 4.83. The molecule has 0 spiro atoms. The average molecular weight is 510 g/mol. The number of anilines is 1. The van der Waals surface area contributed by atoms with Crippen LogP contribution in [-0.2, 0) is 6.54 Å². The van der Waals surface area contributed by atoms with Gasteiger partial charge in [-0.2, -0.15) is 8.78 Å². The van der Waals surface area contributed by atoms with Crippen molar-refractivity contribution >= 4 is 5.69 Å². The van der Waals surface area contributed by atoms with Crippen molar-refractivity contribution in [1.29, 1.82) is 0 Å². The fraction of sp³-hybridized carbons (Fsp3) is 0.385. The van der Waals surface area contributed by atoms with Gasteiger partial charge < -0.3 is 9.32 Å². The van der Waals surface area contributed by atoms with Crippen LogP contribution >= 0.6 is 0 Å². The molecular weight excluding hydrogens is 483 g/mol. The molecule has 1 aliphatic heterocycles. The quantitative estimate of drug-likeness (QED) is 0.354. The Kier molecular flexibility index (Phi) is 6.37. The van der Waals surface area contributed by atoms with Gasteiger partial charge in [0.15, 0.2) is 5.82 Å². The second kappa shape index (κ2) is 9.97. The van der Waals surface area contributed by atoms with Gasteiger partial charge in [0.1, 0.15) is 5.69 Å². The summed E-state index contributed by atoms with van der Waals surface area (Å²) in [7, 11) is 0. The minimum absolute atomic E-state index is 0.0321. The summed E-state index contributed by atoms with van der Waals surface area (Å²) in [5.41, 5.74) is 2.93. The van der Waals surface area contributed by atoms with Crippen LogP contribution < -0.4 is 4.90 Å². The molecule has 2 aromatic heterocycles. The van der Waals surface area contributed by atoms with Crippen LogP contribution in [0.4, 0.5) is 18.9 Å². The zero-order chi connectivity index (χ0) is 25.4. The van der Waals surface area contributed by atoms with Crippen LogP contribution in [0.25, 0.3) is 22.7 Å². The molecule has 2 aliphatic rings. The molecule has 8 nitrogen and oxygen atoms in total. The van der Waals surface area contributed by atoms with E-state index in [9.17, 15) is 8.78 Å². The highest BCUT2D eigenvalue weighted by atomic mass is 19.3. The molecule has 2 fully saturated rings. The summed E-state index contributed by atoms with van der Waals surface area (Å²) in [6.45, 7) is 3.95. The highest BCUT2D eigenvalue weighted by Gasteiger charge is 2.29. The lowest BCUT2D eigenvalue weighted by molar-refractivity contribution is 0.116. The van der Waals surface area contributed by atoms with Gasteiger partial charge in [-0.25, -0.2) is 9.07 Å². The Morgan fingerprint density at radius 2 is 1.73 bits per heavy atom. The van der Waals surface area contributed by atoms with E-state index < -0.39 is 12.3 Å². The molecule has 0 unspecified atom stereocenters. The summed E-state index contributed by atoms with van der Waals surface area (Å²) in [6.07, 6.45) is 2.79. The Morgan fingerprint density at radius 1 is 0.946 bits per heavy atom. The maximum atomic E-state index is 15.6. The van der Waals surface area contributed by atoms with Crippen molar-refractivity contribution in [1.82, 2.24) is 30.1 Å². The van der Waals surface area contributed by atoms with Gasteiger partial charge in [0.2, 0.25) is 5.89 Å². The molecular formula is C26H26F3N7O. The Morgan fingerprint density at radius 3 is 2.41 bits per heavy atom. The number of benzene rings is 2. The molecule has 0 N–H and O–H groups in total. The fourth-order valence-electron chi connectivity index (χ4n) is 4.92. The second-order valence-corrected chi connectivity index (χ2v) is 9.49. The van der Waals surface area contributed by atoms with Crippen molar-refractivity contribution < 1.29 is 17.6 Å². The smallest absolute Gasteiger partial charge is 0.314 e. The van der Waals surface area contributed by atoms with E-state index in [4.69, 9.17) is 4.42 Å². The van der Waals surface area contributed by atoms with E-state index in [2.05, 4.69) is 30.3 Å². The molecule has 1 saturated carbocycles. The number of piperazine rings is 1. The predicted octanol–water partition coefficient (Wildman–Crippen LogP) is 4.79. The standard InChI is InChI=1S/C26H26F3N7O/c27-23-20(5-2-6-22(23)35-13-11-34(12-14-35)19-3-1-4-19)21-16-36(33-30-21)15-17-7-9-18(10-8-17)25-31-32-26(37-25)24(28)29/h2,5-10,16,19,24H,1,3-4,11-15H2. The van der Waals surface area contributed by atoms with Crippen LogP contribution in [0.1, 0.15) is 37.1 Å². The number of halogens is 3. The normalized spacial score (nSPS) is 16.9. The molecule has 0 atom stereocenters. The van der Waals surface area contributed by atoms with Crippen molar-refractivity contribution in [3.05, 3.63) is 65.9 Å². The van der Waals surface area contributed by atoms with E-state index in [1.165, 1.54) is 19.3 Å². The minimum atomic E-state index is -2.81. The summed E-state index contributed by atoms with van der Waals surface area (Å²) in [5, 5.41) is 15.4. The first-order valence-corrected chi connectivity index (χ1v) is 12.4. The lowest BCUT2D eigenvalue weighted by atomic mass is 9.91. The van der Waals surface area contributed by atoms with E-state index in [1.807, 2.05) is 24.3 Å². The molecule has 37 heavy (non-hydrogen) atoms. The summed E-state index contributed by atoms with van der Waals surface area (Å²) in [4.78, 5) is 4.65. The van der Waals surface area contributed by atoms with Gasteiger partial charge in [-0.3, -0.25) is 4.90 Å². The Bertz CT molecular complexity index is 1360. The van der Waals surface area contributed by atoms with Gasteiger partial charge in [-0.1, -0.05) is 29.8 Å². The van der Waals surface area contributed by atoms with Gasteiger partial charge in [0.25, 0.3) is 5.89 Å². The van der Waals surface area contributed by atoms with Crippen molar-refractivity contribution in [2.75, 3.05) is 31.1 Å². The number of aromatic nitrogens is 5. The molecule has 1 aliphatic carbocycles. The van der Waals surface area contributed by atoms with E-state index in [1.54, 1.807) is 29.1 Å². The highest BCUT2D eigenvalue weighted by molar-refractivity contribution is 5.66. The van der Waals surface area contributed by atoms with E-state index in [-0.39, 0.29) is 11.7 Å². The van der Waals surface area contributed by atoms with Gasteiger partial charge in [0.05, 0.1) is 18.4 Å². The molecule has 0 radical (unpaired) electrons. The third-order valence-corrected chi connectivity index (χ3v) is 7.21.